The van der Waals surface area contributed by atoms with Gasteiger partial charge in [0.25, 0.3) is 0 Å². The Morgan fingerprint density at radius 2 is 0.840 bits per heavy atom. The van der Waals surface area contributed by atoms with Crippen LogP contribution in [0.4, 0.5) is 0 Å². The zero-order valence-corrected chi connectivity index (χ0v) is 22.4. The van der Waals surface area contributed by atoms with Crippen molar-refractivity contribution in [2.45, 2.75) is 39.3 Å². The number of rotatable bonds is 6. The molecule has 25 heavy (non-hydrogen) atoms. The largest absolute Gasteiger partial charge is 0.154 e. The highest BCUT2D eigenvalue weighted by Crippen LogP contribution is 2.29. The Morgan fingerprint density at radius 3 is 1.04 bits per heavy atom. The van der Waals surface area contributed by atoms with E-state index in [1.54, 1.807) is 13.5 Å². The molecule has 0 nitrogen and oxygen atoms in total. The van der Waals surface area contributed by atoms with Crippen LogP contribution < -0.4 is 13.5 Å². The molecule has 0 aliphatic heterocycles. The lowest BCUT2D eigenvalue weighted by molar-refractivity contribution is 1.86. The van der Waals surface area contributed by atoms with Crippen molar-refractivity contribution in [1.29, 1.82) is 0 Å². The maximum atomic E-state index is 2.69. The second-order valence-electron chi connectivity index (χ2n) is 8.18. The molecule has 0 atom stereocenters. The van der Waals surface area contributed by atoms with E-state index in [9.17, 15) is 0 Å². The molecule has 133 valence electrons. The zero-order chi connectivity index (χ0) is 18.3. The third kappa shape index (κ3) is 3.56. The Kier molecular flexibility index (Phi) is 5.66. The summed E-state index contributed by atoms with van der Waals surface area (Å²) in [5.74, 6) is 0. The van der Waals surface area contributed by atoms with Crippen molar-refractivity contribution in [2.75, 3.05) is 0 Å². The quantitative estimate of drug-likeness (QED) is 0.474. The first-order chi connectivity index (χ1) is 11.7. The molecule has 0 bridgehead atoms. The Labute approximate surface area is 168 Å². The van der Waals surface area contributed by atoms with Gasteiger partial charge in [-0.3, -0.25) is 0 Å². The van der Waals surface area contributed by atoms with Crippen LogP contribution in [0.5, 0.6) is 0 Å². The van der Waals surface area contributed by atoms with Gasteiger partial charge in [0.15, 0.2) is 0 Å². The monoisotopic (exact) mass is 451 g/mol. The van der Waals surface area contributed by atoms with E-state index in [4.69, 9.17) is 0 Å². The van der Waals surface area contributed by atoms with E-state index in [0.717, 1.165) is 0 Å². The number of thiophene rings is 3. The molecule has 0 aromatic carbocycles. The molecule has 0 spiro atoms. The van der Waals surface area contributed by atoms with Gasteiger partial charge in [-0.1, -0.05) is 75.7 Å². The van der Waals surface area contributed by atoms with Crippen LogP contribution in [-0.2, 0) is 0 Å². The zero-order valence-electron chi connectivity index (χ0n) is 15.9. The van der Waals surface area contributed by atoms with Crippen molar-refractivity contribution in [3.05, 3.63) is 52.5 Å². The van der Waals surface area contributed by atoms with Gasteiger partial charge in [0.05, 0.1) is 22.8 Å². The fourth-order valence-corrected chi connectivity index (χ4v) is 92.8. The second kappa shape index (κ2) is 7.18. The minimum atomic E-state index is -1.48. The minimum Gasteiger partial charge on any atom is -0.154 e. The lowest BCUT2D eigenvalue weighted by Crippen LogP contribution is -2.82. The predicted molar refractivity (Wildman–Crippen MR) is 130 cm³/mol. The van der Waals surface area contributed by atoms with Crippen LogP contribution in [0.2, 0.25) is 39.3 Å². The smallest absolute Gasteiger partial charge is 0.0799 e. The second-order valence-corrected chi connectivity index (χ2v) is 44.5. The molecule has 0 fully saturated rings. The molecule has 0 unspecified atom stereocenters. The van der Waals surface area contributed by atoms with Gasteiger partial charge in [-0.15, -0.1) is 0 Å². The standard InChI is InChI=1S/C18H27S3Si4/c1-23(2,16-10-7-13-19-16)22(24(3,4)17-11-8-14-20-17)25(5,6)18-12-9-15-21-18/h7-15H,1-6H3. The molecule has 0 aliphatic rings. The van der Waals surface area contributed by atoms with Gasteiger partial charge in [-0.05, 0) is 29.6 Å². The number of hydrogen-bond acceptors (Lipinski definition) is 3. The normalized spacial score (nSPS) is 13.6. The van der Waals surface area contributed by atoms with E-state index in [-0.39, 0.29) is 0 Å². The van der Waals surface area contributed by atoms with E-state index in [2.05, 4.69) is 91.8 Å². The van der Waals surface area contributed by atoms with E-state index >= 15 is 0 Å². The first-order valence-corrected chi connectivity index (χ1v) is 24.8. The summed E-state index contributed by atoms with van der Waals surface area (Å²) in [6, 6.07) is 14.1. The fraction of sp³-hybridized carbons (Fsp3) is 0.333. The summed E-state index contributed by atoms with van der Waals surface area (Å²) >= 11 is 6.07. The topological polar surface area (TPSA) is 0 Å². The van der Waals surface area contributed by atoms with Crippen molar-refractivity contribution in [3.8, 4) is 0 Å². The summed E-state index contributed by atoms with van der Waals surface area (Å²) in [4.78, 5) is 0. The number of hydrogen-bond donors (Lipinski definition) is 0. The molecular formula is C18H27S3Si4. The summed E-state index contributed by atoms with van der Waals surface area (Å²) in [6.07, 6.45) is 0. The highest BCUT2D eigenvalue weighted by atomic mass is 32.1. The fourth-order valence-electron chi connectivity index (χ4n) is 4.62. The van der Waals surface area contributed by atoms with E-state index in [1.165, 1.54) is 0 Å². The molecule has 0 amide bonds. The first kappa shape index (κ1) is 19.7. The average Bonchev–Trinajstić information content (AvgIpc) is 3.27. The molecule has 0 saturated heterocycles. The highest BCUT2D eigenvalue weighted by Gasteiger charge is 2.56. The van der Waals surface area contributed by atoms with Crippen LogP contribution in [0.15, 0.2) is 52.5 Å². The van der Waals surface area contributed by atoms with Gasteiger partial charge in [0, 0.05) is 7.35 Å². The molecule has 3 heterocycles. The van der Waals surface area contributed by atoms with Gasteiger partial charge in [-0.2, -0.15) is 34.0 Å². The van der Waals surface area contributed by atoms with Crippen LogP contribution in [-0.4, -0.2) is 30.1 Å². The molecule has 1 radical (unpaired) electrons. The van der Waals surface area contributed by atoms with Gasteiger partial charge in [-0.25, -0.2) is 0 Å². The molecule has 0 N–H and O–H groups in total. The molecule has 3 aromatic rings. The average molecular weight is 452 g/mol. The Balaban J connectivity index is 2.19. The summed E-state index contributed by atoms with van der Waals surface area (Å²) < 4.78 is 5.20. The first-order valence-electron chi connectivity index (χ1n) is 8.69. The van der Waals surface area contributed by atoms with E-state index < -0.39 is 30.1 Å². The Bertz CT molecular complexity index is 678. The highest BCUT2D eigenvalue weighted by molar-refractivity contribution is 7.89. The lowest BCUT2D eigenvalue weighted by atomic mass is 10.7. The van der Waals surface area contributed by atoms with Gasteiger partial charge < -0.3 is 0 Å². The molecule has 3 aromatic heterocycles. The SMILES string of the molecule is C[Si](C)(c1cccs1)[Si]([Si](C)(C)c1cccs1)[Si](C)(C)c1cccs1. The molecule has 0 aliphatic carbocycles. The predicted octanol–water partition coefficient (Wildman–Crippen LogP) is 4.75. The molecular weight excluding hydrogens is 425 g/mol. The van der Waals surface area contributed by atoms with E-state index in [0.29, 0.717) is 0 Å². The van der Waals surface area contributed by atoms with E-state index in [1.807, 2.05) is 34.0 Å². The van der Waals surface area contributed by atoms with Gasteiger partial charge >= 0.3 is 0 Å². The van der Waals surface area contributed by atoms with Crippen LogP contribution in [0.1, 0.15) is 0 Å². The van der Waals surface area contributed by atoms with Crippen molar-refractivity contribution in [3.63, 3.8) is 0 Å². The molecule has 3 rings (SSSR count). The van der Waals surface area contributed by atoms with Crippen molar-refractivity contribution in [2.24, 2.45) is 0 Å². The van der Waals surface area contributed by atoms with Crippen LogP contribution in [0.25, 0.3) is 0 Å². The lowest BCUT2D eigenvalue weighted by Gasteiger charge is -2.48. The van der Waals surface area contributed by atoms with Crippen LogP contribution in [0, 0.1) is 0 Å². The van der Waals surface area contributed by atoms with Crippen molar-refractivity contribution < 1.29 is 0 Å². The van der Waals surface area contributed by atoms with Crippen molar-refractivity contribution >= 4 is 77.6 Å². The van der Waals surface area contributed by atoms with Crippen LogP contribution in [0.3, 0.4) is 0 Å². The minimum absolute atomic E-state index is 0.493. The van der Waals surface area contributed by atoms with Crippen molar-refractivity contribution in [1.82, 2.24) is 0 Å². The van der Waals surface area contributed by atoms with Gasteiger partial charge in [0.2, 0.25) is 0 Å². The Morgan fingerprint density at radius 1 is 0.560 bits per heavy atom. The molecule has 0 saturated carbocycles. The third-order valence-corrected chi connectivity index (χ3v) is 70.0. The van der Waals surface area contributed by atoms with Gasteiger partial charge in [0.1, 0.15) is 0 Å². The maximum absolute atomic E-state index is 2.69. The summed E-state index contributed by atoms with van der Waals surface area (Å²) in [5.41, 5.74) is 0. The summed E-state index contributed by atoms with van der Waals surface area (Å²) in [5, 5.41) is 6.88. The summed E-state index contributed by atoms with van der Waals surface area (Å²) in [7, 11) is -4.94. The third-order valence-electron chi connectivity index (χ3n) is 5.29. The molecule has 7 heteroatoms. The maximum Gasteiger partial charge on any atom is 0.0799 e. The summed E-state index contributed by atoms with van der Waals surface area (Å²) in [6.45, 7) is 16.2. The van der Waals surface area contributed by atoms with Crippen LogP contribution >= 0.6 is 34.0 Å². The Hall–Kier alpha value is -0.0325.